The average molecular weight is 211 g/mol. The zero-order valence-corrected chi connectivity index (χ0v) is 10.4. The van der Waals surface area contributed by atoms with Gasteiger partial charge >= 0.3 is 0 Å². The van der Waals surface area contributed by atoms with Crippen molar-refractivity contribution in [2.75, 3.05) is 26.7 Å². The quantitative estimate of drug-likeness (QED) is 0.736. The second-order valence-electron chi connectivity index (χ2n) is 5.82. The molecular weight excluding hydrogens is 186 g/mol. The molecule has 1 aliphatic heterocycles. The summed E-state index contributed by atoms with van der Waals surface area (Å²) in [5, 5.41) is 0. The van der Waals surface area contributed by atoms with Gasteiger partial charge < -0.3 is 10.6 Å². The molecule has 1 aliphatic carbocycles. The Labute approximate surface area is 93.6 Å². The van der Waals surface area contributed by atoms with Crippen LogP contribution in [0.1, 0.15) is 33.1 Å². The number of nitrogens with zero attached hydrogens (tertiary/aromatic N) is 2. The summed E-state index contributed by atoms with van der Waals surface area (Å²) in [7, 11) is 2.21. The summed E-state index contributed by atoms with van der Waals surface area (Å²) in [6.07, 6.45) is 4.05. The Balaban J connectivity index is 2.11. The van der Waals surface area contributed by atoms with E-state index in [0.717, 1.165) is 19.1 Å². The maximum atomic E-state index is 5.87. The molecule has 1 heterocycles. The summed E-state index contributed by atoms with van der Waals surface area (Å²) in [5.74, 6) is 0. The fourth-order valence-electron chi connectivity index (χ4n) is 2.67. The standard InChI is InChI=1S/C12H25N3/c1-12(2)6-7-14(3)11(8-13)9-15(12)10-4-5-10/h10-11H,4-9,13H2,1-3H3. The van der Waals surface area contributed by atoms with Gasteiger partial charge in [-0.15, -0.1) is 0 Å². The van der Waals surface area contributed by atoms with Crippen LogP contribution in [0, 0.1) is 0 Å². The molecule has 0 aromatic carbocycles. The van der Waals surface area contributed by atoms with E-state index in [9.17, 15) is 0 Å². The van der Waals surface area contributed by atoms with E-state index in [4.69, 9.17) is 5.73 Å². The molecule has 2 N–H and O–H groups in total. The molecule has 1 saturated carbocycles. The zero-order valence-electron chi connectivity index (χ0n) is 10.4. The van der Waals surface area contributed by atoms with Crippen LogP contribution < -0.4 is 5.73 Å². The number of rotatable bonds is 2. The highest BCUT2D eigenvalue weighted by atomic mass is 15.3. The Morgan fingerprint density at radius 3 is 2.53 bits per heavy atom. The predicted octanol–water partition coefficient (Wildman–Crippen LogP) is 0.892. The topological polar surface area (TPSA) is 32.5 Å². The summed E-state index contributed by atoms with van der Waals surface area (Å²) < 4.78 is 0. The van der Waals surface area contributed by atoms with Crippen LogP contribution in [0.15, 0.2) is 0 Å². The minimum Gasteiger partial charge on any atom is -0.329 e. The van der Waals surface area contributed by atoms with Crippen LogP contribution >= 0.6 is 0 Å². The van der Waals surface area contributed by atoms with E-state index in [-0.39, 0.29) is 0 Å². The highest BCUT2D eigenvalue weighted by Gasteiger charge is 2.41. The van der Waals surface area contributed by atoms with Crippen LogP contribution in [-0.2, 0) is 0 Å². The van der Waals surface area contributed by atoms with Crippen LogP contribution in [0.5, 0.6) is 0 Å². The number of hydrogen-bond donors (Lipinski definition) is 1. The molecule has 1 saturated heterocycles. The molecular formula is C12H25N3. The van der Waals surface area contributed by atoms with Gasteiger partial charge in [0.25, 0.3) is 0 Å². The monoisotopic (exact) mass is 211 g/mol. The minimum atomic E-state index is 0.360. The van der Waals surface area contributed by atoms with E-state index in [1.807, 2.05) is 0 Å². The summed E-state index contributed by atoms with van der Waals surface area (Å²) in [5.41, 5.74) is 6.23. The first kappa shape index (κ1) is 11.4. The molecule has 0 aromatic rings. The van der Waals surface area contributed by atoms with Gasteiger partial charge in [-0.1, -0.05) is 0 Å². The Kier molecular flexibility index (Phi) is 3.06. The molecule has 3 heteroatoms. The van der Waals surface area contributed by atoms with Gasteiger partial charge in [-0.25, -0.2) is 0 Å². The molecule has 0 radical (unpaired) electrons. The molecule has 2 fully saturated rings. The normalized spacial score (nSPS) is 34.0. The molecule has 0 amide bonds. The van der Waals surface area contributed by atoms with Gasteiger partial charge in [0.2, 0.25) is 0 Å². The molecule has 15 heavy (non-hydrogen) atoms. The third kappa shape index (κ3) is 2.35. The first-order chi connectivity index (χ1) is 7.04. The Morgan fingerprint density at radius 1 is 1.33 bits per heavy atom. The summed E-state index contributed by atoms with van der Waals surface area (Å²) in [6.45, 7) is 7.90. The Hall–Kier alpha value is -0.120. The van der Waals surface area contributed by atoms with Crippen molar-refractivity contribution in [1.82, 2.24) is 9.80 Å². The molecule has 1 atom stereocenters. The van der Waals surface area contributed by atoms with Crippen molar-refractivity contribution in [2.24, 2.45) is 5.73 Å². The van der Waals surface area contributed by atoms with E-state index >= 15 is 0 Å². The molecule has 88 valence electrons. The first-order valence-electron chi connectivity index (χ1n) is 6.21. The molecule has 2 rings (SSSR count). The fraction of sp³-hybridized carbons (Fsp3) is 1.00. The van der Waals surface area contributed by atoms with E-state index < -0.39 is 0 Å². The fourth-order valence-corrected chi connectivity index (χ4v) is 2.67. The van der Waals surface area contributed by atoms with Gasteiger partial charge in [-0.05, 0) is 46.7 Å². The van der Waals surface area contributed by atoms with Crippen molar-refractivity contribution in [3.63, 3.8) is 0 Å². The van der Waals surface area contributed by atoms with Crippen molar-refractivity contribution in [1.29, 1.82) is 0 Å². The van der Waals surface area contributed by atoms with Crippen LogP contribution in [-0.4, -0.2) is 54.1 Å². The lowest BCUT2D eigenvalue weighted by atomic mass is 9.98. The van der Waals surface area contributed by atoms with E-state index in [2.05, 4.69) is 30.7 Å². The molecule has 1 unspecified atom stereocenters. The van der Waals surface area contributed by atoms with Gasteiger partial charge in [0.05, 0.1) is 0 Å². The lowest BCUT2D eigenvalue weighted by Gasteiger charge is -2.38. The SMILES string of the molecule is CN1CCC(C)(C)N(C2CC2)CC1CN. The van der Waals surface area contributed by atoms with E-state index in [1.54, 1.807) is 0 Å². The Bertz CT molecular complexity index is 223. The summed E-state index contributed by atoms with van der Waals surface area (Å²) in [6, 6.07) is 1.40. The van der Waals surface area contributed by atoms with Gasteiger partial charge in [0.1, 0.15) is 0 Å². The molecule has 2 aliphatic rings. The minimum absolute atomic E-state index is 0.360. The second-order valence-corrected chi connectivity index (χ2v) is 5.82. The Morgan fingerprint density at radius 2 is 2.00 bits per heavy atom. The highest BCUT2D eigenvalue weighted by Crippen LogP contribution is 2.36. The molecule has 3 nitrogen and oxygen atoms in total. The van der Waals surface area contributed by atoms with Gasteiger partial charge in [0.15, 0.2) is 0 Å². The van der Waals surface area contributed by atoms with Crippen molar-refractivity contribution in [2.45, 2.75) is 50.7 Å². The third-order valence-corrected chi connectivity index (χ3v) is 4.14. The molecule has 0 spiro atoms. The number of likely N-dealkylation sites (N-methyl/N-ethyl adjacent to an activating group) is 1. The van der Waals surface area contributed by atoms with Crippen molar-refractivity contribution >= 4 is 0 Å². The van der Waals surface area contributed by atoms with Crippen molar-refractivity contribution in [3.05, 3.63) is 0 Å². The smallest absolute Gasteiger partial charge is 0.0342 e. The van der Waals surface area contributed by atoms with E-state index in [1.165, 1.54) is 25.8 Å². The van der Waals surface area contributed by atoms with Gasteiger partial charge in [-0.3, -0.25) is 4.90 Å². The first-order valence-corrected chi connectivity index (χ1v) is 6.21. The highest BCUT2D eigenvalue weighted by molar-refractivity contribution is 4.98. The predicted molar refractivity (Wildman–Crippen MR) is 63.9 cm³/mol. The summed E-state index contributed by atoms with van der Waals surface area (Å²) >= 11 is 0. The lowest BCUT2D eigenvalue weighted by Crippen LogP contribution is -2.49. The van der Waals surface area contributed by atoms with Crippen LogP contribution in [0.25, 0.3) is 0 Å². The second kappa shape index (κ2) is 4.04. The average Bonchev–Trinajstić information content (AvgIpc) is 2.98. The number of hydrogen-bond acceptors (Lipinski definition) is 3. The van der Waals surface area contributed by atoms with Crippen LogP contribution in [0.4, 0.5) is 0 Å². The summed E-state index contributed by atoms with van der Waals surface area (Å²) in [4.78, 5) is 5.14. The van der Waals surface area contributed by atoms with Gasteiger partial charge in [-0.2, -0.15) is 0 Å². The molecule has 0 bridgehead atoms. The zero-order chi connectivity index (χ0) is 11.1. The molecule has 0 aromatic heterocycles. The maximum absolute atomic E-state index is 5.87. The van der Waals surface area contributed by atoms with Crippen LogP contribution in [0.3, 0.4) is 0 Å². The van der Waals surface area contributed by atoms with Crippen LogP contribution in [0.2, 0.25) is 0 Å². The third-order valence-electron chi connectivity index (χ3n) is 4.14. The van der Waals surface area contributed by atoms with Crippen molar-refractivity contribution in [3.8, 4) is 0 Å². The number of nitrogens with two attached hydrogens (primary N) is 1. The van der Waals surface area contributed by atoms with E-state index in [0.29, 0.717) is 11.6 Å². The van der Waals surface area contributed by atoms with Gasteiger partial charge in [0, 0.05) is 30.7 Å². The largest absolute Gasteiger partial charge is 0.329 e. The maximum Gasteiger partial charge on any atom is 0.0342 e. The van der Waals surface area contributed by atoms with Crippen molar-refractivity contribution < 1.29 is 0 Å². The lowest BCUT2D eigenvalue weighted by molar-refractivity contribution is 0.107.